The van der Waals surface area contributed by atoms with Gasteiger partial charge in [-0.15, -0.1) is 0 Å². The van der Waals surface area contributed by atoms with E-state index >= 15 is 0 Å². The summed E-state index contributed by atoms with van der Waals surface area (Å²) in [5.74, 6) is -0.321. The van der Waals surface area contributed by atoms with Crippen molar-refractivity contribution >= 4 is 17.5 Å². The molecule has 0 aromatic heterocycles. The first-order chi connectivity index (χ1) is 12.2. The third kappa shape index (κ3) is 3.43. The Labute approximate surface area is 152 Å². The Balaban J connectivity index is 1.97. The van der Waals surface area contributed by atoms with E-state index in [1.165, 1.54) is 12.1 Å². The van der Waals surface area contributed by atoms with Gasteiger partial charge in [0.1, 0.15) is 6.04 Å². The predicted molar refractivity (Wildman–Crippen MR) is 96.3 cm³/mol. The maximum absolute atomic E-state index is 13.0. The number of rotatable bonds is 4. The Morgan fingerprint density at radius 1 is 1.31 bits per heavy atom. The zero-order chi connectivity index (χ0) is 19.1. The minimum Gasteiger partial charge on any atom is -0.349 e. The third-order valence-electron chi connectivity index (χ3n) is 5.08. The number of nitro benzene ring substituents is 1. The highest BCUT2D eigenvalue weighted by molar-refractivity contribution is 5.94. The highest BCUT2D eigenvalue weighted by Crippen LogP contribution is 2.44. The van der Waals surface area contributed by atoms with Gasteiger partial charge in [0.15, 0.2) is 0 Å². The number of likely N-dealkylation sites (tertiary alicyclic amines) is 1. The first kappa shape index (κ1) is 18.4. The smallest absolute Gasteiger partial charge is 0.269 e. The van der Waals surface area contributed by atoms with Gasteiger partial charge in [-0.3, -0.25) is 19.7 Å². The second-order valence-corrected chi connectivity index (χ2v) is 8.20. The maximum Gasteiger partial charge on any atom is 0.269 e. The number of non-ortho nitro benzene ring substituents is 1. The Hall–Kier alpha value is -2.44. The van der Waals surface area contributed by atoms with Crippen LogP contribution in [-0.4, -0.2) is 33.2 Å². The number of nitro groups is 1. The molecule has 0 radical (unpaired) electrons. The number of benzene rings is 1. The van der Waals surface area contributed by atoms with E-state index in [4.69, 9.17) is 0 Å². The van der Waals surface area contributed by atoms with Crippen molar-refractivity contribution < 1.29 is 14.5 Å². The van der Waals surface area contributed by atoms with Crippen LogP contribution in [0.5, 0.6) is 0 Å². The Kier molecular flexibility index (Phi) is 4.73. The van der Waals surface area contributed by atoms with E-state index in [1.807, 2.05) is 20.8 Å². The van der Waals surface area contributed by atoms with Gasteiger partial charge in [0.05, 0.1) is 10.8 Å². The molecule has 26 heavy (non-hydrogen) atoms. The summed E-state index contributed by atoms with van der Waals surface area (Å²) < 4.78 is 0. The molecule has 1 saturated carbocycles. The highest BCUT2D eigenvalue weighted by Gasteiger charge is 2.52. The van der Waals surface area contributed by atoms with Gasteiger partial charge in [0.25, 0.3) is 5.69 Å². The molecule has 2 amide bonds. The van der Waals surface area contributed by atoms with Gasteiger partial charge in [-0.2, -0.15) is 0 Å². The van der Waals surface area contributed by atoms with Crippen molar-refractivity contribution in [3.05, 3.63) is 39.9 Å². The number of β-lactam (4-membered cyclic amide) rings is 1. The van der Waals surface area contributed by atoms with Crippen LogP contribution in [0.4, 0.5) is 5.69 Å². The molecule has 1 unspecified atom stereocenters. The van der Waals surface area contributed by atoms with E-state index in [2.05, 4.69) is 5.32 Å². The molecule has 1 aliphatic heterocycles. The molecule has 1 aromatic rings. The zero-order valence-corrected chi connectivity index (χ0v) is 15.4. The molecule has 1 saturated heterocycles. The molecular weight excluding hydrogens is 334 g/mol. The van der Waals surface area contributed by atoms with Crippen LogP contribution >= 0.6 is 0 Å². The number of amides is 2. The molecule has 1 heterocycles. The lowest BCUT2D eigenvalue weighted by atomic mass is 9.74. The summed E-state index contributed by atoms with van der Waals surface area (Å²) in [5.41, 5.74) is -0.0572. The molecular formula is C19H25N3O4. The average Bonchev–Trinajstić information content (AvgIpc) is 2.57. The number of hydrogen-bond donors (Lipinski definition) is 1. The fourth-order valence-corrected chi connectivity index (χ4v) is 4.01. The minimum atomic E-state index is -0.832. The molecule has 3 rings (SSSR count). The molecule has 7 nitrogen and oxygen atoms in total. The van der Waals surface area contributed by atoms with Crippen LogP contribution in [0.3, 0.4) is 0 Å². The number of carbonyl (C=O) groups is 2. The molecule has 2 fully saturated rings. The van der Waals surface area contributed by atoms with E-state index in [1.54, 1.807) is 17.0 Å². The summed E-state index contributed by atoms with van der Waals surface area (Å²) in [6.07, 6.45) is 3.82. The van der Waals surface area contributed by atoms with E-state index in [9.17, 15) is 19.7 Å². The Morgan fingerprint density at radius 3 is 2.65 bits per heavy atom. The Bertz CT molecular complexity index is 741. The maximum atomic E-state index is 13.0. The van der Waals surface area contributed by atoms with Gasteiger partial charge in [0.2, 0.25) is 11.8 Å². The summed E-state index contributed by atoms with van der Waals surface area (Å²) in [4.78, 5) is 38.0. The molecule has 1 aliphatic carbocycles. The number of fused-ring (bicyclic) bond motifs is 1. The lowest BCUT2D eigenvalue weighted by Crippen LogP contribution is -2.65. The second-order valence-electron chi connectivity index (χ2n) is 8.20. The normalized spacial score (nSPS) is 23.7. The molecule has 1 aromatic carbocycles. The molecule has 3 atom stereocenters. The second kappa shape index (κ2) is 6.70. The number of carbonyl (C=O) groups excluding carboxylic acids is 2. The average molecular weight is 359 g/mol. The van der Waals surface area contributed by atoms with Gasteiger partial charge in [-0.05, 0) is 39.2 Å². The van der Waals surface area contributed by atoms with Crippen molar-refractivity contribution in [1.82, 2.24) is 10.2 Å². The SMILES string of the molecule is CC(C)(C)NC(=O)C(c1cccc([N+](=O)[O-])c1)N1C(=O)[C@@H]2CCCC[C@@H]21. The van der Waals surface area contributed by atoms with Crippen molar-refractivity contribution in [3.63, 3.8) is 0 Å². The standard InChI is InChI=1S/C19H25N3O4/c1-19(2,3)20-17(23)16(12-7-6-8-13(11-12)22(25)26)21-15-10-5-4-9-14(15)18(21)24/h6-8,11,14-16H,4-5,9-10H2,1-3H3,(H,20,23)/t14-,15+,16?/m1/s1. The largest absolute Gasteiger partial charge is 0.349 e. The van der Waals surface area contributed by atoms with Gasteiger partial charge >= 0.3 is 0 Å². The molecule has 0 bridgehead atoms. The van der Waals surface area contributed by atoms with Crippen molar-refractivity contribution in [2.45, 2.75) is 64.1 Å². The number of hydrogen-bond acceptors (Lipinski definition) is 4. The fraction of sp³-hybridized carbons (Fsp3) is 0.579. The summed E-state index contributed by atoms with van der Waals surface area (Å²) in [5, 5.41) is 14.1. The molecule has 2 aliphatic rings. The van der Waals surface area contributed by atoms with E-state index < -0.39 is 16.5 Å². The van der Waals surface area contributed by atoms with Gasteiger partial charge in [-0.1, -0.05) is 25.0 Å². The number of nitrogens with one attached hydrogen (secondary N) is 1. The van der Waals surface area contributed by atoms with Crippen LogP contribution in [0, 0.1) is 16.0 Å². The van der Waals surface area contributed by atoms with E-state index in [0.29, 0.717) is 5.56 Å². The van der Waals surface area contributed by atoms with Gasteiger partial charge < -0.3 is 10.2 Å². The van der Waals surface area contributed by atoms with Crippen molar-refractivity contribution in [2.24, 2.45) is 5.92 Å². The minimum absolute atomic E-state index is 0.00705. The molecule has 140 valence electrons. The van der Waals surface area contributed by atoms with Crippen LogP contribution in [0.2, 0.25) is 0 Å². The summed E-state index contributed by atoms with van der Waals surface area (Å²) in [7, 11) is 0. The first-order valence-electron chi connectivity index (χ1n) is 9.07. The van der Waals surface area contributed by atoms with Crippen molar-refractivity contribution in [2.75, 3.05) is 0 Å². The monoisotopic (exact) mass is 359 g/mol. The topological polar surface area (TPSA) is 92.5 Å². The predicted octanol–water partition coefficient (Wildman–Crippen LogP) is 2.95. The zero-order valence-electron chi connectivity index (χ0n) is 15.4. The van der Waals surface area contributed by atoms with Crippen molar-refractivity contribution in [3.8, 4) is 0 Å². The van der Waals surface area contributed by atoms with Crippen LogP contribution < -0.4 is 5.32 Å². The summed E-state index contributed by atoms with van der Waals surface area (Å²) in [6.45, 7) is 5.62. The summed E-state index contributed by atoms with van der Waals surface area (Å²) >= 11 is 0. The van der Waals surface area contributed by atoms with E-state index in [-0.39, 0.29) is 29.5 Å². The Morgan fingerprint density at radius 2 is 2.00 bits per heavy atom. The van der Waals surface area contributed by atoms with E-state index in [0.717, 1.165) is 25.7 Å². The lowest BCUT2D eigenvalue weighted by molar-refractivity contribution is -0.384. The molecule has 1 N–H and O–H groups in total. The van der Waals surface area contributed by atoms with Gasteiger partial charge in [0, 0.05) is 23.7 Å². The molecule has 7 heteroatoms. The third-order valence-corrected chi connectivity index (χ3v) is 5.08. The van der Waals surface area contributed by atoms with Crippen LogP contribution in [0.15, 0.2) is 24.3 Å². The summed E-state index contributed by atoms with van der Waals surface area (Å²) in [6, 6.07) is 5.25. The number of nitrogens with zero attached hydrogens (tertiary/aromatic N) is 2. The quantitative estimate of drug-likeness (QED) is 0.508. The van der Waals surface area contributed by atoms with Crippen LogP contribution in [0.25, 0.3) is 0 Å². The molecule has 0 spiro atoms. The van der Waals surface area contributed by atoms with Crippen LogP contribution in [0.1, 0.15) is 58.1 Å². The van der Waals surface area contributed by atoms with Crippen LogP contribution in [-0.2, 0) is 9.59 Å². The van der Waals surface area contributed by atoms with Gasteiger partial charge in [-0.25, -0.2) is 0 Å². The highest BCUT2D eigenvalue weighted by atomic mass is 16.6. The fourth-order valence-electron chi connectivity index (χ4n) is 4.01. The first-order valence-corrected chi connectivity index (χ1v) is 9.07. The lowest BCUT2D eigenvalue weighted by Gasteiger charge is -2.53. The van der Waals surface area contributed by atoms with Crippen molar-refractivity contribution in [1.29, 1.82) is 0 Å².